The van der Waals surface area contributed by atoms with Crippen LogP contribution in [-0.4, -0.2) is 38.2 Å². The zero-order chi connectivity index (χ0) is 11.8. The normalized spacial score (nSPS) is 9.88. The lowest BCUT2D eigenvalue weighted by atomic mass is 10.3. The van der Waals surface area contributed by atoms with E-state index in [-0.39, 0.29) is 5.91 Å². The Morgan fingerprint density at radius 3 is 3.06 bits per heavy atom. The van der Waals surface area contributed by atoms with Gasteiger partial charge >= 0.3 is 0 Å². The topological polar surface area (TPSA) is 63.2 Å². The van der Waals surface area contributed by atoms with E-state index in [2.05, 4.69) is 15.6 Å². The lowest BCUT2D eigenvalue weighted by molar-refractivity contribution is 0.0958. The molecular weight excluding hydrogens is 206 g/mol. The number of carbonyl (C=O) groups is 1. The number of amides is 1. The van der Waals surface area contributed by atoms with E-state index in [1.54, 1.807) is 26.4 Å². The van der Waals surface area contributed by atoms with Crippen molar-refractivity contribution in [2.45, 2.75) is 6.42 Å². The fourth-order valence-corrected chi connectivity index (χ4v) is 1.24. The molecule has 0 spiro atoms. The van der Waals surface area contributed by atoms with E-state index in [0.29, 0.717) is 5.69 Å². The molecule has 0 aromatic carbocycles. The molecule has 0 fully saturated rings. The van der Waals surface area contributed by atoms with Crippen LogP contribution in [0, 0.1) is 0 Å². The third-order valence-electron chi connectivity index (χ3n) is 2.07. The van der Waals surface area contributed by atoms with Gasteiger partial charge in [-0.2, -0.15) is 0 Å². The van der Waals surface area contributed by atoms with Crippen LogP contribution >= 0.6 is 0 Å². The predicted octanol–water partition coefficient (Wildman–Crippen LogP) is 0.890. The smallest absolute Gasteiger partial charge is 0.269 e. The van der Waals surface area contributed by atoms with Crippen LogP contribution in [0.25, 0.3) is 0 Å². The number of pyridine rings is 1. The monoisotopic (exact) mass is 223 g/mol. The summed E-state index contributed by atoms with van der Waals surface area (Å²) in [5, 5.41) is 5.73. The third kappa shape index (κ3) is 3.86. The first-order valence-electron chi connectivity index (χ1n) is 5.19. The third-order valence-corrected chi connectivity index (χ3v) is 2.07. The summed E-state index contributed by atoms with van der Waals surface area (Å²) in [6.07, 6.45) is 2.54. The molecule has 1 aromatic heterocycles. The number of carbonyl (C=O) groups excluding carboxylic acids is 1. The summed E-state index contributed by atoms with van der Waals surface area (Å²) in [7, 11) is 3.26. The molecule has 0 aliphatic heterocycles. The number of hydrogen-bond acceptors (Lipinski definition) is 4. The molecule has 1 heterocycles. The van der Waals surface area contributed by atoms with Crippen LogP contribution in [0.2, 0.25) is 0 Å². The van der Waals surface area contributed by atoms with E-state index < -0.39 is 0 Å². The zero-order valence-electron chi connectivity index (χ0n) is 9.62. The van der Waals surface area contributed by atoms with E-state index in [1.165, 1.54) is 0 Å². The first kappa shape index (κ1) is 12.4. The first-order valence-corrected chi connectivity index (χ1v) is 5.19. The van der Waals surface area contributed by atoms with Gasteiger partial charge in [-0.1, -0.05) is 0 Å². The maximum absolute atomic E-state index is 11.3. The van der Waals surface area contributed by atoms with Crippen molar-refractivity contribution >= 4 is 11.6 Å². The number of anilines is 1. The van der Waals surface area contributed by atoms with Gasteiger partial charge in [-0.25, -0.2) is 0 Å². The molecule has 0 saturated carbocycles. The summed E-state index contributed by atoms with van der Waals surface area (Å²) < 4.78 is 4.94. The van der Waals surface area contributed by atoms with Crippen LogP contribution < -0.4 is 10.6 Å². The van der Waals surface area contributed by atoms with Gasteiger partial charge in [0.15, 0.2) is 0 Å². The molecule has 0 aliphatic carbocycles. The van der Waals surface area contributed by atoms with Gasteiger partial charge in [0.2, 0.25) is 0 Å². The minimum Gasteiger partial charge on any atom is -0.385 e. The van der Waals surface area contributed by atoms with Crippen molar-refractivity contribution in [2.75, 3.05) is 32.6 Å². The summed E-state index contributed by atoms with van der Waals surface area (Å²) in [6, 6.07) is 3.56. The van der Waals surface area contributed by atoms with E-state index >= 15 is 0 Å². The van der Waals surface area contributed by atoms with Crippen molar-refractivity contribution in [3.63, 3.8) is 0 Å². The second-order valence-electron chi connectivity index (χ2n) is 3.28. The van der Waals surface area contributed by atoms with Gasteiger partial charge in [-0.3, -0.25) is 9.78 Å². The molecule has 0 aliphatic rings. The van der Waals surface area contributed by atoms with Crippen LogP contribution in [0.15, 0.2) is 18.3 Å². The molecular formula is C11H17N3O2. The Morgan fingerprint density at radius 1 is 1.56 bits per heavy atom. The Labute approximate surface area is 95.2 Å². The molecule has 2 N–H and O–H groups in total. The van der Waals surface area contributed by atoms with Gasteiger partial charge in [0.1, 0.15) is 5.69 Å². The largest absolute Gasteiger partial charge is 0.385 e. The van der Waals surface area contributed by atoms with Gasteiger partial charge in [0, 0.05) is 39.2 Å². The second kappa shape index (κ2) is 6.79. The Balaban J connectivity index is 2.50. The maximum atomic E-state index is 11.3. The number of methoxy groups -OCH3 is 1. The standard InChI is InChI=1S/C11H17N3O2/c1-12-11(15)10-8-9(4-6-14-10)13-5-3-7-16-2/h4,6,8H,3,5,7H2,1-2H3,(H,12,15)(H,13,14). The van der Waals surface area contributed by atoms with E-state index in [1.807, 2.05) is 6.07 Å². The molecule has 5 nitrogen and oxygen atoms in total. The molecule has 1 rings (SSSR count). The van der Waals surface area contributed by atoms with Crippen LogP contribution in [0.3, 0.4) is 0 Å². The number of ether oxygens (including phenoxy) is 1. The Hall–Kier alpha value is -1.62. The highest BCUT2D eigenvalue weighted by atomic mass is 16.5. The first-order chi connectivity index (χ1) is 7.77. The highest BCUT2D eigenvalue weighted by molar-refractivity contribution is 5.92. The molecule has 1 amide bonds. The number of hydrogen-bond donors (Lipinski definition) is 2. The summed E-state index contributed by atoms with van der Waals surface area (Å²) in [5.74, 6) is -0.180. The Kier molecular flexibility index (Phi) is 5.28. The van der Waals surface area contributed by atoms with E-state index in [9.17, 15) is 4.79 Å². The quantitative estimate of drug-likeness (QED) is 0.703. The second-order valence-corrected chi connectivity index (χ2v) is 3.28. The number of nitrogens with zero attached hydrogens (tertiary/aromatic N) is 1. The SMILES string of the molecule is CNC(=O)c1cc(NCCCOC)ccn1. The lowest BCUT2D eigenvalue weighted by Gasteiger charge is -2.06. The van der Waals surface area contributed by atoms with Crippen molar-refractivity contribution in [2.24, 2.45) is 0 Å². The van der Waals surface area contributed by atoms with Crippen molar-refractivity contribution in [1.29, 1.82) is 0 Å². The van der Waals surface area contributed by atoms with Gasteiger partial charge in [0.25, 0.3) is 5.91 Å². The zero-order valence-corrected chi connectivity index (χ0v) is 9.62. The predicted molar refractivity (Wildman–Crippen MR) is 62.6 cm³/mol. The van der Waals surface area contributed by atoms with Crippen LogP contribution in [0.1, 0.15) is 16.9 Å². The molecule has 0 bridgehead atoms. The van der Waals surface area contributed by atoms with Crippen LogP contribution in [-0.2, 0) is 4.74 Å². The van der Waals surface area contributed by atoms with Crippen molar-refractivity contribution in [3.8, 4) is 0 Å². The fourth-order valence-electron chi connectivity index (χ4n) is 1.24. The molecule has 1 aromatic rings. The van der Waals surface area contributed by atoms with Gasteiger partial charge in [-0.15, -0.1) is 0 Å². The number of rotatable bonds is 6. The number of nitrogens with one attached hydrogen (secondary N) is 2. The minimum atomic E-state index is -0.180. The molecule has 0 saturated heterocycles. The average molecular weight is 223 g/mol. The van der Waals surface area contributed by atoms with Crippen LogP contribution in [0.4, 0.5) is 5.69 Å². The Morgan fingerprint density at radius 2 is 2.38 bits per heavy atom. The fraction of sp³-hybridized carbons (Fsp3) is 0.455. The summed E-state index contributed by atoms with van der Waals surface area (Å²) in [5.41, 5.74) is 1.31. The molecule has 88 valence electrons. The van der Waals surface area contributed by atoms with Crippen molar-refractivity contribution in [3.05, 3.63) is 24.0 Å². The summed E-state index contributed by atoms with van der Waals surface area (Å²) >= 11 is 0. The molecule has 0 atom stereocenters. The van der Waals surface area contributed by atoms with Crippen LogP contribution in [0.5, 0.6) is 0 Å². The molecule has 16 heavy (non-hydrogen) atoms. The number of aromatic nitrogens is 1. The van der Waals surface area contributed by atoms with Crippen molar-refractivity contribution < 1.29 is 9.53 Å². The average Bonchev–Trinajstić information content (AvgIpc) is 2.34. The summed E-state index contributed by atoms with van der Waals surface area (Å²) in [4.78, 5) is 15.3. The minimum absolute atomic E-state index is 0.180. The molecule has 5 heteroatoms. The highest BCUT2D eigenvalue weighted by Gasteiger charge is 2.04. The van der Waals surface area contributed by atoms with Gasteiger partial charge in [0.05, 0.1) is 0 Å². The molecule has 0 unspecified atom stereocenters. The summed E-state index contributed by atoms with van der Waals surface area (Å²) in [6.45, 7) is 1.53. The molecule has 0 radical (unpaired) electrons. The van der Waals surface area contributed by atoms with Gasteiger partial charge < -0.3 is 15.4 Å². The van der Waals surface area contributed by atoms with E-state index in [4.69, 9.17) is 4.74 Å². The van der Waals surface area contributed by atoms with E-state index in [0.717, 1.165) is 25.3 Å². The van der Waals surface area contributed by atoms with Gasteiger partial charge in [-0.05, 0) is 18.6 Å². The Bertz CT molecular complexity index is 342. The highest BCUT2D eigenvalue weighted by Crippen LogP contribution is 2.07. The van der Waals surface area contributed by atoms with Crippen molar-refractivity contribution in [1.82, 2.24) is 10.3 Å². The maximum Gasteiger partial charge on any atom is 0.269 e. The lowest BCUT2D eigenvalue weighted by Crippen LogP contribution is -2.19.